The van der Waals surface area contributed by atoms with Gasteiger partial charge >= 0.3 is 0 Å². The van der Waals surface area contributed by atoms with E-state index in [0.717, 1.165) is 21.6 Å². The number of thiophene rings is 1. The molecule has 0 aliphatic rings. The lowest BCUT2D eigenvalue weighted by Gasteiger charge is -2.12. The first-order valence-electron chi connectivity index (χ1n) is 5.28. The summed E-state index contributed by atoms with van der Waals surface area (Å²) in [5.41, 5.74) is 0.669. The summed E-state index contributed by atoms with van der Waals surface area (Å²) in [6, 6.07) is 3.80. The van der Waals surface area contributed by atoms with E-state index in [4.69, 9.17) is 11.6 Å². The second kappa shape index (κ2) is 5.52. The first-order chi connectivity index (χ1) is 8.13. The van der Waals surface area contributed by atoms with Crippen LogP contribution in [0.5, 0.6) is 0 Å². The van der Waals surface area contributed by atoms with Crippen LogP contribution in [0.1, 0.15) is 30.0 Å². The van der Waals surface area contributed by atoms with Gasteiger partial charge in [0.15, 0.2) is 0 Å². The van der Waals surface area contributed by atoms with Crippen molar-refractivity contribution in [1.29, 1.82) is 0 Å². The zero-order valence-electron chi connectivity index (χ0n) is 9.23. The Hall–Kier alpha value is -0.360. The first-order valence-corrected chi connectivity index (χ1v) is 7.26. The number of hydrogen-bond acceptors (Lipinski definition) is 3. The van der Waals surface area contributed by atoms with Crippen LogP contribution in [0.4, 0.5) is 0 Å². The molecule has 0 radical (unpaired) electrons. The predicted molar refractivity (Wildman–Crippen MR) is 73.6 cm³/mol. The highest BCUT2D eigenvalue weighted by Gasteiger charge is 2.20. The van der Waals surface area contributed by atoms with E-state index in [1.807, 2.05) is 12.1 Å². The molecule has 92 valence electrons. The molecule has 0 saturated heterocycles. The lowest BCUT2D eigenvalue weighted by atomic mass is 10.2. The number of aliphatic hydroxyl groups is 1. The highest BCUT2D eigenvalue weighted by molar-refractivity contribution is 9.11. The first kappa shape index (κ1) is 13.1. The molecule has 1 unspecified atom stereocenters. The van der Waals surface area contributed by atoms with Gasteiger partial charge < -0.3 is 5.11 Å². The van der Waals surface area contributed by atoms with Crippen LogP contribution in [0.15, 0.2) is 22.1 Å². The van der Waals surface area contributed by atoms with E-state index >= 15 is 0 Å². The molecule has 0 fully saturated rings. The maximum absolute atomic E-state index is 10.3. The third-order valence-electron chi connectivity index (χ3n) is 2.39. The van der Waals surface area contributed by atoms with Crippen molar-refractivity contribution in [3.8, 4) is 0 Å². The van der Waals surface area contributed by atoms with E-state index in [1.54, 1.807) is 10.9 Å². The van der Waals surface area contributed by atoms with Crippen LogP contribution < -0.4 is 0 Å². The van der Waals surface area contributed by atoms with Crippen LogP contribution in [-0.4, -0.2) is 14.9 Å². The van der Waals surface area contributed by atoms with E-state index in [1.165, 1.54) is 11.3 Å². The van der Waals surface area contributed by atoms with Gasteiger partial charge in [-0.15, -0.1) is 11.3 Å². The van der Waals surface area contributed by atoms with Gasteiger partial charge in [-0.3, -0.25) is 4.68 Å². The Balaban J connectivity index is 2.35. The number of halogens is 2. The topological polar surface area (TPSA) is 38.0 Å². The van der Waals surface area contributed by atoms with Gasteiger partial charge in [0.2, 0.25) is 0 Å². The molecule has 0 aliphatic heterocycles. The standard InChI is InChI=1S/C11H12BrClN2OS/c1-2-5-15-10(7(13)6-14-15)11(16)8-3-4-9(12)17-8/h3-4,6,11,16H,2,5H2,1H3. The zero-order chi connectivity index (χ0) is 12.4. The van der Waals surface area contributed by atoms with Crippen molar-refractivity contribution in [3.05, 3.63) is 37.7 Å². The van der Waals surface area contributed by atoms with Crippen LogP contribution in [0, 0.1) is 0 Å². The molecule has 0 saturated carbocycles. The van der Waals surface area contributed by atoms with Crippen LogP contribution >= 0.6 is 38.9 Å². The summed E-state index contributed by atoms with van der Waals surface area (Å²) in [4.78, 5) is 0.858. The maximum Gasteiger partial charge on any atom is 0.131 e. The van der Waals surface area contributed by atoms with Crippen molar-refractivity contribution in [2.24, 2.45) is 0 Å². The summed E-state index contributed by atoms with van der Waals surface area (Å²) in [5.74, 6) is 0. The molecule has 2 heterocycles. The Morgan fingerprint density at radius 1 is 1.59 bits per heavy atom. The van der Waals surface area contributed by atoms with Gasteiger partial charge in [0.1, 0.15) is 6.10 Å². The molecule has 0 aliphatic carbocycles. The van der Waals surface area contributed by atoms with Gasteiger partial charge in [-0.25, -0.2) is 0 Å². The van der Waals surface area contributed by atoms with E-state index in [0.29, 0.717) is 10.7 Å². The minimum atomic E-state index is -0.715. The minimum absolute atomic E-state index is 0.510. The third kappa shape index (κ3) is 2.73. The van der Waals surface area contributed by atoms with Crippen LogP contribution in [0.3, 0.4) is 0 Å². The van der Waals surface area contributed by atoms with Gasteiger partial charge in [-0.2, -0.15) is 5.10 Å². The van der Waals surface area contributed by atoms with Crippen molar-refractivity contribution in [2.75, 3.05) is 0 Å². The highest BCUT2D eigenvalue weighted by atomic mass is 79.9. The molecule has 1 atom stereocenters. The number of aromatic nitrogens is 2. The quantitative estimate of drug-likeness (QED) is 0.921. The van der Waals surface area contributed by atoms with E-state index in [2.05, 4.69) is 28.0 Å². The predicted octanol–water partition coefficient (Wildman–Crippen LogP) is 3.85. The second-order valence-corrected chi connectivity index (χ2v) is 6.55. The molecule has 2 rings (SSSR count). The van der Waals surface area contributed by atoms with E-state index in [9.17, 15) is 5.11 Å². The third-order valence-corrected chi connectivity index (χ3v) is 4.36. The fraction of sp³-hybridized carbons (Fsp3) is 0.364. The van der Waals surface area contributed by atoms with Crippen molar-refractivity contribution >= 4 is 38.9 Å². The lowest BCUT2D eigenvalue weighted by molar-refractivity contribution is 0.211. The zero-order valence-corrected chi connectivity index (χ0v) is 12.4. The average Bonchev–Trinajstić information content (AvgIpc) is 2.86. The molecule has 17 heavy (non-hydrogen) atoms. The molecule has 0 amide bonds. The smallest absolute Gasteiger partial charge is 0.131 e. The Kier molecular flexibility index (Phi) is 4.25. The summed E-state index contributed by atoms with van der Waals surface area (Å²) >= 11 is 11.0. The second-order valence-electron chi connectivity index (χ2n) is 3.65. The minimum Gasteiger partial charge on any atom is -0.381 e. The average molecular weight is 336 g/mol. The summed E-state index contributed by atoms with van der Waals surface area (Å²) in [6.45, 7) is 2.82. The molecule has 0 spiro atoms. The largest absolute Gasteiger partial charge is 0.381 e. The normalized spacial score (nSPS) is 12.9. The van der Waals surface area contributed by atoms with Gasteiger partial charge in [-0.1, -0.05) is 18.5 Å². The van der Waals surface area contributed by atoms with Gasteiger partial charge in [0.05, 0.1) is 20.7 Å². The molecule has 0 aromatic carbocycles. The van der Waals surface area contributed by atoms with Crippen molar-refractivity contribution in [3.63, 3.8) is 0 Å². The Morgan fingerprint density at radius 2 is 2.35 bits per heavy atom. The van der Waals surface area contributed by atoms with E-state index in [-0.39, 0.29) is 0 Å². The fourth-order valence-electron chi connectivity index (χ4n) is 1.64. The summed E-state index contributed by atoms with van der Waals surface area (Å²) in [5, 5.41) is 15.0. The van der Waals surface area contributed by atoms with Crippen molar-refractivity contribution in [2.45, 2.75) is 26.0 Å². The van der Waals surface area contributed by atoms with Crippen LogP contribution in [0.25, 0.3) is 0 Å². The molecule has 2 aromatic rings. The van der Waals surface area contributed by atoms with Crippen LogP contribution in [-0.2, 0) is 6.54 Å². The number of aryl methyl sites for hydroxylation is 1. The Labute approximate surface area is 117 Å². The van der Waals surface area contributed by atoms with E-state index < -0.39 is 6.10 Å². The molecular weight excluding hydrogens is 324 g/mol. The Bertz CT molecular complexity index is 511. The number of aliphatic hydroxyl groups excluding tert-OH is 1. The molecular formula is C11H12BrClN2OS. The summed E-state index contributed by atoms with van der Waals surface area (Å²) < 4.78 is 2.75. The van der Waals surface area contributed by atoms with Crippen LogP contribution in [0.2, 0.25) is 5.02 Å². The monoisotopic (exact) mass is 334 g/mol. The fourth-order valence-corrected chi connectivity index (χ4v) is 3.30. The number of rotatable bonds is 4. The SMILES string of the molecule is CCCn1ncc(Cl)c1C(O)c1ccc(Br)s1. The summed E-state index contributed by atoms with van der Waals surface area (Å²) in [6.07, 6.45) is 1.82. The highest BCUT2D eigenvalue weighted by Crippen LogP contribution is 2.34. The summed E-state index contributed by atoms with van der Waals surface area (Å²) in [7, 11) is 0. The van der Waals surface area contributed by atoms with Gasteiger partial charge in [0.25, 0.3) is 0 Å². The number of hydrogen-bond donors (Lipinski definition) is 1. The molecule has 3 nitrogen and oxygen atoms in total. The molecule has 6 heteroatoms. The molecule has 0 bridgehead atoms. The maximum atomic E-state index is 10.3. The molecule has 2 aromatic heterocycles. The lowest BCUT2D eigenvalue weighted by Crippen LogP contribution is -2.09. The Morgan fingerprint density at radius 3 is 2.94 bits per heavy atom. The van der Waals surface area contributed by atoms with Gasteiger partial charge in [0, 0.05) is 11.4 Å². The number of nitrogens with zero attached hydrogens (tertiary/aromatic N) is 2. The van der Waals surface area contributed by atoms with Crippen molar-refractivity contribution in [1.82, 2.24) is 9.78 Å². The molecule has 1 N–H and O–H groups in total. The van der Waals surface area contributed by atoms with Gasteiger partial charge in [-0.05, 0) is 34.5 Å². The van der Waals surface area contributed by atoms with Crippen molar-refractivity contribution < 1.29 is 5.11 Å².